The van der Waals surface area contributed by atoms with Crippen molar-refractivity contribution >= 4 is 17.0 Å². The average Bonchev–Trinajstić information content (AvgIpc) is 2.66. The molecule has 1 aromatic heterocycles. The summed E-state index contributed by atoms with van der Waals surface area (Å²) in [6.07, 6.45) is 3.01. The first-order valence-electron chi connectivity index (χ1n) is 5.46. The van der Waals surface area contributed by atoms with Crippen LogP contribution in [0.2, 0.25) is 0 Å². The van der Waals surface area contributed by atoms with Gasteiger partial charge in [0.15, 0.2) is 0 Å². The van der Waals surface area contributed by atoms with Gasteiger partial charge >= 0.3 is 0 Å². The SMILES string of the molecule is CC(C)Cc1ncc(-c2ccc(N)cc2)s1. The molecule has 0 aliphatic rings. The molecule has 1 aromatic carbocycles. The van der Waals surface area contributed by atoms with E-state index in [0.717, 1.165) is 12.1 Å². The molecule has 0 amide bonds. The summed E-state index contributed by atoms with van der Waals surface area (Å²) in [4.78, 5) is 5.66. The molecular weight excluding hydrogens is 216 g/mol. The molecule has 0 unspecified atom stereocenters. The van der Waals surface area contributed by atoms with Gasteiger partial charge in [0.2, 0.25) is 0 Å². The predicted octanol–water partition coefficient (Wildman–Crippen LogP) is 3.59. The normalized spacial score (nSPS) is 10.9. The Morgan fingerprint density at radius 3 is 2.56 bits per heavy atom. The zero-order valence-electron chi connectivity index (χ0n) is 9.60. The third-order valence-electron chi connectivity index (χ3n) is 2.33. The first kappa shape index (κ1) is 11.1. The van der Waals surface area contributed by atoms with E-state index in [4.69, 9.17) is 5.73 Å². The second-order valence-electron chi connectivity index (χ2n) is 4.34. The van der Waals surface area contributed by atoms with E-state index in [1.165, 1.54) is 15.4 Å². The smallest absolute Gasteiger partial charge is 0.0933 e. The van der Waals surface area contributed by atoms with Crippen LogP contribution in [-0.2, 0) is 6.42 Å². The second kappa shape index (κ2) is 4.66. The maximum atomic E-state index is 5.66. The van der Waals surface area contributed by atoms with Gasteiger partial charge in [0.05, 0.1) is 9.88 Å². The van der Waals surface area contributed by atoms with Gasteiger partial charge in [0, 0.05) is 18.3 Å². The van der Waals surface area contributed by atoms with Crippen LogP contribution in [-0.4, -0.2) is 4.98 Å². The van der Waals surface area contributed by atoms with Crippen LogP contribution in [0.25, 0.3) is 10.4 Å². The van der Waals surface area contributed by atoms with Gasteiger partial charge in [-0.25, -0.2) is 4.98 Å². The highest BCUT2D eigenvalue weighted by Crippen LogP contribution is 2.27. The molecule has 0 atom stereocenters. The molecule has 2 aromatic rings. The van der Waals surface area contributed by atoms with Gasteiger partial charge in [-0.1, -0.05) is 26.0 Å². The zero-order chi connectivity index (χ0) is 11.5. The van der Waals surface area contributed by atoms with Crippen molar-refractivity contribution in [1.82, 2.24) is 4.98 Å². The lowest BCUT2D eigenvalue weighted by atomic mass is 10.1. The van der Waals surface area contributed by atoms with E-state index in [1.807, 2.05) is 30.5 Å². The number of nitrogens with zero attached hydrogens (tertiary/aromatic N) is 1. The van der Waals surface area contributed by atoms with Crippen molar-refractivity contribution in [2.24, 2.45) is 5.92 Å². The van der Waals surface area contributed by atoms with Crippen molar-refractivity contribution in [3.63, 3.8) is 0 Å². The number of rotatable bonds is 3. The van der Waals surface area contributed by atoms with Crippen LogP contribution in [0.4, 0.5) is 5.69 Å². The van der Waals surface area contributed by atoms with Crippen molar-refractivity contribution in [3.8, 4) is 10.4 Å². The third kappa shape index (κ3) is 2.61. The molecule has 0 radical (unpaired) electrons. The highest BCUT2D eigenvalue weighted by Gasteiger charge is 2.05. The fourth-order valence-corrected chi connectivity index (χ4v) is 2.67. The van der Waals surface area contributed by atoms with Crippen LogP contribution in [0.3, 0.4) is 0 Å². The van der Waals surface area contributed by atoms with E-state index in [1.54, 1.807) is 11.3 Å². The molecule has 84 valence electrons. The lowest BCUT2D eigenvalue weighted by Crippen LogP contribution is -1.91. The number of hydrogen-bond donors (Lipinski definition) is 1. The van der Waals surface area contributed by atoms with Gasteiger partial charge in [-0.05, 0) is 23.6 Å². The van der Waals surface area contributed by atoms with E-state index >= 15 is 0 Å². The Morgan fingerprint density at radius 2 is 1.94 bits per heavy atom. The van der Waals surface area contributed by atoms with Gasteiger partial charge < -0.3 is 5.73 Å². The molecule has 0 aliphatic carbocycles. The Morgan fingerprint density at radius 1 is 1.25 bits per heavy atom. The minimum Gasteiger partial charge on any atom is -0.399 e. The zero-order valence-corrected chi connectivity index (χ0v) is 10.4. The number of aromatic nitrogens is 1. The molecule has 0 bridgehead atoms. The van der Waals surface area contributed by atoms with Crippen LogP contribution in [0.15, 0.2) is 30.5 Å². The summed E-state index contributed by atoms with van der Waals surface area (Å²) in [7, 11) is 0. The molecule has 2 rings (SSSR count). The standard InChI is InChI=1S/C13H16N2S/c1-9(2)7-13-15-8-12(16-13)10-3-5-11(14)6-4-10/h3-6,8-9H,7,14H2,1-2H3. The van der Waals surface area contributed by atoms with Crippen molar-refractivity contribution in [2.45, 2.75) is 20.3 Å². The average molecular weight is 232 g/mol. The van der Waals surface area contributed by atoms with Crippen LogP contribution in [0.1, 0.15) is 18.9 Å². The Balaban J connectivity index is 2.21. The third-order valence-corrected chi connectivity index (χ3v) is 3.40. The summed E-state index contributed by atoms with van der Waals surface area (Å²) in [6, 6.07) is 7.94. The number of anilines is 1. The second-order valence-corrected chi connectivity index (χ2v) is 5.45. The number of nitrogens with two attached hydrogens (primary N) is 1. The van der Waals surface area contributed by atoms with Gasteiger partial charge in [-0.15, -0.1) is 11.3 Å². The molecule has 0 saturated carbocycles. The van der Waals surface area contributed by atoms with Crippen molar-refractivity contribution in [1.29, 1.82) is 0 Å². The monoisotopic (exact) mass is 232 g/mol. The quantitative estimate of drug-likeness (QED) is 0.821. The lowest BCUT2D eigenvalue weighted by molar-refractivity contribution is 0.644. The number of hydrogen-bond acceptors (Lipinski definition) is 3. The van der Waals surface area contributed by atoms with Gasteiger partial charge in [-0.3, -0.25) is 0 Å². The predicted molar refractivity (Wildman–Crippen MR) is 70.5 cm³/mol. The van der Waals surface area contributed by atoms with E-state index < -0.39 is 0 Å². The minimum atomic E-state index is 0.658. The maximum Gasteiger partial charge on any atom is 0.0933 e. The molecular formula is C13H16N2S. The van der Waals surface area contributed by atoms with Gasteiger partial charge in [0.25, 0.3) is 0 Å². The van der Waals surface area contributed by atoms with Crippen molar-refractivity contribution in [2.75, 3.05) is 5.73 Å². The fourth-order valence-electron chi connectivity index (χ4n) is 1.53. The number of nitrogen functional groups attached to an aromatic ring is 1. The number of benzene rings is 1. The van der Waals surface area contributed by atoms with Crippen LogP contribution in [0.5, 0.6) is 0 Å². The molecule has 1 heterocycles. The Labute approximate surface area is 100 Å². The summed E-state index contributed by atoms with van der Waals surface area (Å²) in [6.45, 7) is 4.43. The molecule has 3 heteroatoms. The molecule has 0 saturated heterocycles. The summed E-state index contributed by atoms with van der Waals surface area (Å²) in [5, 5.41) is 1.21. The maximum absolute atomic E-state index is 5.66. The number of thiazole rings is 1. The van der Waals surface area contributed by atoms with Gasteiger partial charge in [0.1, 0.15) is 0 Å². The lowest BCUT2D eigenvalue weighted by Gasteiger charge is -1.99. The molecule has 0 fully saturated rings. The summed E-state index contributed by atoms with van der Waals surface area (Å²) < 4.78 is 0. The highest BCUT2D eigenvalue weighted by molar-refractivity contribution is 7.15. The van der Waals surface area contributed by atoms with Crippen molar-refractivity contribution in [3.05, 3.63) is 35.5 Å². The first-order chi connectivity index (χ1) is 7.65. The first-order valence-corrected chi connectivity index (χ1v) is 6.27. The topological polar surface area (TPSA) is 38.9 Å². The van der Waals surface area contributed by atoms with Crippen LogP contribution in [0, 0.1) is 5.92 Å². The summed E-state index contributed by atoms with van der Waals surface area (Å²) in [5.41, 5.74) is 7.66. The summed E-state index contributed by atoms with van der Waals surface area (Å²) in [5.74, 6) is 0.658. The molecule has 0 spiro atoms. The van der Waals surface area contributed by atoms with E-state index in [9.17, 15) is 0 Å². The Kier molecular flexibility index (Phi) is 3.25. The molecule has 0 aliphatic heterocycles. The van der Waals surface area contributed by atoms with E-state index in [0.29, 0.717) is 5.92 Å². The van der Waals surface area contributed by atoms with Crippen LogP contribution >= 0.6 is 11.3 Å². The largest absolute Gasteiger partial charge is 0.399 e. The Bertz CT molecular complexity index is 457. The van der Waals surface area contributed by atoms with Crippen LogP contribution < -0.4 is 5.73 Å². The molecule has 2 N–H and O–H groups in total. The summed E-state index contributed by atoms with van der Waals surface area (Å²) >= 11 is 1.77. The fraction of sp³-hybridized carbons (Fsp3) is 0.308. The van der Waals surface area contributed by atoms with E-state index in [-0.39, 0.29) is 0 Å². The van der Waals surface area contributed by atoms with Gasteiger partial charge in [-0.2, -0.15) is 0 Å². The Hall–Kier alpha value is -1.35. The molecule has 2 nitrogen and oxygen atoms in total. The minimum absolute atomic E-state index is 0.658. The highest BCUT2D eigenvalue weighted by atomic mass is 32.1. The van der Waals surface area contributed by atoms with E-state index in [2.05, 4.69) is 18.8 Å². The molecule has 16 heavy (non-hydrogen) atoms. The van der Waals surface area contributed by atoms with Crippen molar-refractivity contribution < 1.29 is 0 Å².